The highest BCUT2D eigenvalue weighted by Crippen LogP contribution is 2.02. The van der Waals surface area contributed by atoms with Crippen LogP contribution in [0.2, 0.25) is 0 Å². The Balaban J connectivity index is 2.85. The average Bonchev–Trinajstić information content (AvgIpc) is 2.31. The van der Waals surface area contributed by atoms with Gasteiger partial charge in [-0.15, -0.1) is 0 Å². The fraction of sp³-hybridized carbons (Fsp3) is 0.833. The first-order valence-corrected chi connectivity index (χ1v) is 7.38. The summed E-state index contributed by atoms with van der Waals surface area (Å²) in [6, 6.07) is 0. The van der Waals surface area contributed by atoms with Gasteiger partial charge < -0.3 is 14.2 Å². The van der Waals surface area contributed by atoms with Crippen molar-refractivity contribution in [1.82, 2.24) is 0 Å². The van der Waals surface area contributed by atoms with Gasteiger partial charge in [-0.05, 0) is 17.3 Å². The number of rotatable bonds is 13. The lowest BCUT2D eigenvalue weighted by molar-refractivity contribution is 0.0297. The first kappa shape index (κ1) is 16.2. The minimum Gasteiger partial charge on any atom is -0.499 e. The van der Waals surface area contributed by atoms with E-state index in [0.717, 1.165) is 13.0 Å². The van der Waals surface area contributed by atoms with Crippen LogP contribution in [-0.4, -0.2) is 37.5 Å². The largest absolute Gasteiger partial charge is 0.499 e. The van der Waals surface area contributed by atoms with E-state index in [9.17, 15) is 0 Å². The Hall–Kier alpha value is 0.190. The summed E-state index contributed by atoms with van der Waals surface area (Å²) in [6.07, 6.45) is 6.51. The minimum atomic E-state index is 0.569. The first-order valence-electron chi connectivity index (χ1n) is 5.85. The van der Waals surface area contributed by atoms with Gasteiger partial charge in [-0.3, -0.25) is 0 Å². The van der Waals surface area contributed by atoms with Crippen LogP contribution in [0, 0.1) is 0 Å². The number of alkyl halides is 1. The SMILES string of the molecule is C=COCCOCCOCCCCCCI. The molecule has 0 spiro atoms. The molecule has 0 aromatic heterocycles. The molecule has 0 aliphatic heterocycles. The third-order valence-corrected chi connectivity index (χ3v) is 2.77. The highest BCUT2D eigenvalue weighted by Gasteiger charge is 1.91. The molecular weight excluding hydrogens is 319 g/mol. The highest BCUT2D eigenvalue weighted by atomic mass is 127. The number of hydrogen-bond acceptors (Lipinski definition) is 3. The summed E-state index contributed by atoms with van der Waals surface area (Å²) in [5.41, 5.74) is 0. The molecule has 0 atom stereocenters. The minimum absolute atomic E-state index is 0.569. The van der Waals surface area contributed by atoms with Crippen LogP contribution in [-0.2, 0) is 14.2 Å². The van der Waals surface area contributed by atoms with Crippen molar-refractivity contribution in [3.63, 3.8) is 0 Å². The lowest BCUT2D eigenvalue weighted by Crippen LogP contribution is -2.08. The van der Waals surface area contributed by atoms with Gasteiger partial charge in [-0.25, -0.2) is 0 Å². The van der Waals surface area contributed by atoms with E-state index in [0.29, 0.717) is 26.4 Å². The lowest BCUT2D eigenvalue weighted by Gasteiger charge is -2.05. The summed E-state index contributed by atoms with van der Waals surface area (Å²) in [6.45, 7) is 6.80. The summed E-state index contributed by atoms with van der Waals surface area (Å²) < 4.78 is 16.9. The standard InChI is InChI=1S/C12H23IO3/c1-2-14-9-10-16-12-11-15-8-6-4-3-5-7-13/h2H,1,3-12H2. The molecule has 4 heteroatoms. The summed E-state index contributed by atoms with van der Waals surface area (Å²) in [7, 11) is 0. The number of ether oxygens (including phenoxy) is 3. The van der Waals surface area contributed by atoms with Crippen LogP contribution in [0.4, 0.5) is 0 Å². The van der Waals surface area contributed by atoms with Gasteiger partial charge in [0.15, 0.2) is 0 Å². The number of unbranched alkanes of at least 4 members (excludes halogenated alkanes) is 3. The van der Waals surface area contributed by atoms with Gasteiger partial charge >= 0.3 is 0 Å². The van der Waals surface area contributed by atoms with Crippen LogP contribution in [0.3, 0.4) is 0 Å². The lowest BCUT2D eigenvalue weighted by atomic mass is 10.2. The van der Waals surface area contributed by atoms with Gasteiger partial charge in [0.2, 0.25) is 0 Å². The molecule has 0 N–H and O–H groups in total. The molecule has 0 bridgehead atoms. The van der Waals surface area contributed by atoms with Crippen molar-refractivity contribution in [2.24, 2.45) is 0 Å². The van der Waals surface area contributed by atoms with E-state index in [1.54, 1.807) is 0 Å². The Labute approximate surface area is 113 Å². The van der Waals surface area contributed by atoms with E-state index >= 15 is 0 Å². The predicted molar refractivity (Wildman–Crippen MR) is 75.1 cm³/mol. The first-order chi connectivity index (χ1) is 7.91. The van der Waals surface area contributed by atoms with Crippen molar-refractivity contribution in [3.8, 4) is 0 Å². The summed E-state index contributed by atoms with van der Waals surface area (Å²) in [5, 5.41) is 0. The Morgan fingerprint density at radius 1 is 0.812 bits per heavy atom. The highest BCUT2D eigenvalue weighted by molar-refractivity contribution is 14.1. The smallest absolute Gasteiger partial charge is 0.111 e. The van der Waals surface area contributed by atoms with E-state index in [-0.39, 0.29) is 0 Å². The van der Waals surface area contributed by atoms with Crippen LogP contribution in [0.5, 0.6) is 0 Å². The molecular formula is C12H23IO3. The van der Waals surface area contributed by atoms with E-state index in [1.807, 2.05) is 0 Å². The summed E-state index contributed by atoms with van der Waals surface area (Å²) >= 11 is 2.42. The molecule has 0 heterocycles. The van der Waals surface area contributed by atoms with Crippen molar-refractivity contribution >= 4 is 22.6 Å². The van der Waals surface area contributed by atoms with Gasteiger partial charge in [0, 0.05) is 6.61 Å². The van der Waals surface area contributed by atoms with Gasteiger partial charge in [-0.1, -0.05) is 42.0 Å². The molecule has 0 aliphatic rings. The number of halogens is 1. The van der Waals surface area contributed by atoms with Crippen LogP contribution in [0.25, 0.3) is 0 Å². The third kappa shape index (κ3) is 14.2. The van der Waals surface area contributed by atoms with Crippen molar-refractivity contribution in [3.05, 3.63) is 12.8 Å². The fourth-order valence-electron chi connectivity index (χ4n) is 1.16. The molecule has 0 amide bonds. The quantitative estimate of drug-likeness (QED) is 0.223. The van der Waals surface area contributed by atoms with Gasteiger partial charge in [-0.2, -0.15) is 0 Å². The molecule has 0 aliphatic carbocycles. The fourth-order valence-corrected chi connectivity index (χ4v) is 1.70. The third-order valence-electron chi connectivity index (χ3n) is 2.01. The van der Waals surface area contributed by atoms with Crippen LogP contribution in [0.1, 0.15) is 25.7 Å². The van der Waals surface area contributed by atoms with Gasteiger partial charge in [0.1, 0.15) is 6.61 Å². The Morgan fingerprint density at radius 3 is 2.12 bits per heavy atom. The zero-order chi connectivity index (χ0) is 11.9. The van der Waals surface area contributed by atoms with E-state index in [1.165, 1.54) is 30.0 Å². The van der Waals surface area contributed by atoms with Crippen LogP contribution >= 0.6 is 22.6 Å². The second-order valence-electron chi connectivity index (χ2n) is 3.37. The molecule has 0 saturated carbocycles. The number of hydrogen-bond donors (Lipinski definition) is 0. The summed E-state index contributed by atoms with van der Waals surface area (Å²) in [5.74, 6) is 0. The van der Waals surface area contributed by atoms with Gasteiger partial charge in [0.25, 0.3) is 0 Å². The molecule has 0 unspecified atom stereocenters. The van der Waals surface area contributed by atoms with Crippen LogP contribution in [0.15, 0.2) is 12.8 Å². The molecule has 0 aromatic rings. The zero-order valence-corrected chi connectivity index (χ0v) is 12.1. The van der Waals surface area contributed by atoms with Gasteiger partial charge in [0.05, 0.1) is 26.1 Å². The second-order valence-corrected chi connectivity index (χ2v) is 4.44. The molecule has 0 rings (SSSR count). The Bertz CT molecular complexity index is 142. The molecule has 96 valence electrons. The predicted octanol–water partition coefficient (Wildman–Crippen LogP) is 3.18. The maximum absolute atomic E-state index is 5.43. The van der Waals surface area contributed by atoms with Crippen molar-refractivity contribution in [2.45, 2.75) is 25.7 Å². The van der Waals surface area contributed by atoms with Crippen molar-refractivity contribution in [2.75, 3.05) is 37.5 Å². The van der Waals surface area contributed by atoms with Crippen molar-refractivity contribution < 1.29 is 14.2 Å². The van der Waals surface area contributed by atoms with Crippen molar-refractivity contribution in [1.29, 1.82) is 0 Å². The van der Waals surface area contributed by atoms with E-state index in [2.05, 4.69) is 29.2 Å². The van der Waals surface area contributed by atoms with Crippen LogP contribution < -0.4 is 0 Å². The maximum Gasteiger partial charge on any atom is 0.111 e. The molecule has 16 heavy (non-hydrogen) atoms. The zero-order valence-electron chi connectivity index (χ0n) is 9.96. The molecule has 0 fully saturated rings. The normalized spacial score (nSPS) is 10.3. The molecule has 0 radical (unpaired) electrons. The van der Waals surface area contributed by atoms with E-state index in [4.69, 9.17) is 14.2 Å². The maximum atomic E-state index is 5.43. The Kier molecular flexibility index (Phi) is 15.4. The average molecular weight is 342 g/mol. The Morgan fingerprint density at radius 2 is 1.44 bits per heavy atom. The summed E-state index contributed by atoms with van der Waals surface area (Å²) in [4.78, 5) is 0. The monoisotopic (exact) mass is 342 g/mol. The molecule has 0 saturated heterocycles. The second kappa shape index (κ2) is 15.2. The van der Waals surface area contributed by atoms with E-state index < -0.39 is 0 Å². The molecule has 0 aromatic carbocycles. The molecule has 3 nitrogen and oxygen atoms in total. The topological polar surface area (TPSA) is 27.7 Å².